The Kier molecular flexibility index (Phi) is 18.2. The van der Waals surface area contributed by atoms with Gasteiger partial charge in [-0.1, -0.05) is 86.8 Å². The van der Waals surface area contributed by atoms with Crippen LogP contribution in [0.15, 0.2) is 72.9 Å². The van der Waals surface area contributed by atoms with Gasteiger partial charge in [-0.3, -0.25) is 19.7 Å². The van der Waals surface area contributed by atoms with Gasteiger partial charge < -0.3 is 4.90 Å². The smallest absolute Gasteiger partial charge is 0.249 e. The van der Waals surface area contributed by atoms with Crippen molar-refractivity contribution in [1.82, 2.24) is 10.2 Å². The van der Waals surface area contributed by atoms with Crippen molar-refractivity contribution in [2.75, 3.05) is 6.54 Å². The fourth-order valence-electron chi connectivity index (χ4n) is 4.26. The van der Waals surface area contributed by atoms with Crippen molar-refractivity contribution in [3.8, 4) is 0 Å². The lowest BCUT2D eigenvalue weighted by Gasteiger charge is -2.26. The van der Waals surface area contributed by atoms with Crippen molar-refractivity contribution < 1.29 is 18.8 Å². The molecule has 3 amide bonds. The van der Waals surface area contributed by atoms with Gasteiger partial charge in [-0.25, -0.2) is 4.39 Å². The molecule has 0 radical (unpaired) electrons. The third-order valence-corrected chi connectivity index (χ3v) is 6.12. The average molecular weight is 527 g/mol. The maximum Gasteiger partial charge on any atom is 0.249 e. The van der Waals surface area contributed by atoms with Crippen molar-refractivity contribution >= 4 is 17.7 Å². The Morgan fingerprint density at radius 2 is 1.34 bits per heavy atom. The average Bonchev–Trinajstić information content (AvgIpc) is 3.22. The second-order valence-electron chi connectivity index (χ2n) is 9.59. The minimum Gasteiger partial charge on any atom is -0.330 e. The van der Waals surface area contributed by atoms with Crippen molar-refractivity contribution in [2.45, 2.75) is 97.2 Å². The zero-order chi connectivity index (χ0) is 28.0. The van der Waals surface area contributed by atoms with Crippen LogP contribution < -0.4 is 5.32 Å². The summed E-state index contributed by atoms with van der Waals surface area (Å²) < 4.78 is 13.3. The van der Waals surface area contributed by atoms with Gasteiger partial charge in [0, 0.05) is 19.4 Å². The van der Waals surface area contributed by atoms with E-state index in [2.05, 4.69) is 66.9 Å². The minimum absolute atomic E-state index is 0.0843. The summed E-state index contributed by atoms with van der Waals surface area (Å²) in [6.07, 6.45) is 30.7. The molecule has 0 aliphatic carbocycles. The van der Waals surface area contributed by atoms with Crippen molar-refractivity contribution in [1.29, 1.82) is 0 Å². The number of hydrogen-bond acceptors (Lipinski definition) is 3. The Labute approximate surface area is 229 Å². The second-order valence-corrected chi connectivity index (χ2v) is 9.59. The quantitative estimate of drug-likeness (QED) is 0.194. The van der Waals surface area contributed by atoms with Gasteiger partial charge in [-0.05, 0) is 64.2 Å². The molecular weight excluding hydrogens is 479 g/mol. The molecule has 0 bridgehead atoms. The molecular formula is C32H47FN2O3. The predicted octanol–water partition coefficient (Wildman–Crippen LogP) is 7.09. The lowest BCUT2D eigenvalue weighted by Crippen LogP contribution is -2.48. The molecule has 0 aromatic carbocycles. The van der Waals surface area contributed by atoms with Crippen LogP contribution in [-0.2, 0) is 14.4 Å². The van der Waals surface area contributed by atoms with Crippen molar-refractivity contribution in [2.24, 2.45) is 5.92 Å². The van der Waals surface area contributed by atoms with E-state index in [-0.39, 0.29) is 24.7 Å². The number of halogens is 1. The molecule has 5 nitrogen and oxygen atoms in total. The zero-order valence-corrected chi connectivity index (χ0v) is 23.5. The first kappa shape index (κ1) is 33.0. The minimum atomic E-state index is -0.982. The Balaban J connectivity index is 2.21. The normalized spacial score (nSPS) is 18.4. The molecule has 1 N–H and O–H groups in total. The Bertz CT molecular complexity index is 883. The standard InChI is InChI=1S/C32H47FN2O3/c1-4-6-7-8-9-10-11-12-13-14-15-16-17-18-19-20-21-22-23-30(36)34-32(38)29(5-2)35-26-28(24-27(3)33)25-31(35)37/h6-7,9-10,12-13,15-16,18-19,21-22,27-29H,4-5,8,11,14,17,20,23-26H2,1-3H3,(H,34,36,38)/b7-6-,10-9-,13-12-,16-15-,19-18-,22-21-/t27?,28-,29?/m1/s1. The van der Waals surface area contributed by atoms with Gasteiger partial charge >= 0.3 is 0 Å². The summed E-state index contributed by atoms with van der Waals surface area (Å²) in [4.78, 5) is 38.6. The van der Waals surface area contributed by atoms with Gasteiger partial charge in [0.25, 0.3) is 0 Å². The van der Waals surface area contributed by atoms with Crippen LogP contribution in [-0.4, -0.2) is 41.4 Å². The molecule has 1 fully saturated rings. The first-order chi connectivity index (χ1) is 18.4. The van der Waals surface area contributed by atoms with Gasteiger partial charge in [0.15, 0.2) is 0 Å². The molecule has 1 aliphatic rings. The fourth-order valence-corrected chi connectivity index (χ4v) is 4.26. The number of hydrogen-bond donors (Lipinski definition) is 1. The number of amides is 3. The zero-order valence-electron chi connectivity index (χ0n) is 23.5. The first-order valence-electron chi connectivity index (χ1n) is 14.1. The molecule has 3 atom stereocenters. The molecule has 0 aromatic rings. The SMILES string of the molecule is CC/C=C\C/C=C\C/C=C\C/C=C\C/C=C\C/C=C\CC(=O)NC(=O)C(CC)N1C[C@H](CC(C)F)CC1=O. The summed E-state index contributed by atoms with van der Waals surface area (Å²) in [7, 11) is 0. The monoisotopic (exact) mass is 526 g/mol. The first-order valence-corrected chi connectivity index (χ1v) is 14.1. The number of imide groups is 1. The van der Waals surface area contributed by atoms with E-state index >= 15 is 0 Å². The van der Waals surface area contributed by atoms with Gasteiger partial charge in [-0.15, -0.1) is 0 Å². The summed E-state index contributed by atoms with van der Waals surface area (Å²) in [5.41, 5.74) is 0. The van der Waals surface area contributed by atoms with Crippen molar-refractivity contribution in [3.63, 3.8) is 0 Å². The van der Waals surface area contributed by atoms with E-state index in [9.17, 15) is 18.8 Å². The van der Waals surface area contributed by atoms with E-state index in [1.54, 1.807) is 13.0 Å². The third kappa shape index (κ3) is 15.3. The highest BCUT2D eigenvalue weighted by Crippen LogP contribution is 2.26. The highest BCUT2D eigenvalue weighted by molar-refractivity contribution is 5.99. The summed E-state index contributed by atoms with van der Waals surface area (Å²) in [6, 6.07) is -0.698. The summed E-state index contributed by atoms with van der Waals surface area (Å²) in [5.74, 6) is -1.10. The van der Waals surface area contributed by atoms with Crippen LogP contribution in [0.5, 0.6) is 0 Å². The second kappa shape index (κ2) is 21.0. The Morgan fingerprint density at radius 3 is 1.79 bits per heavy atom. The van der Waals surface area contributed by atoms with E-state index in [1.807, 2.05) is 12.2 Å². The van der Waals surface area contributed by atoms with Crippen LogP contribution in [0.4, 0.5) is 4.39 Å². The molecule has 210 valence electrons. The number of carbonyl (C=O) groups excluding carboxylic acids is 3. The van der Waals surface area contributed by atoms with Gasteiger partial charge in [0.2, 0.25) is 17.7 Å². The van der Waals surface area contributed by atoms with E-state index in [4.69, 9.17) is 0 Å². The molecule has 2 unspecified atom stereocenters. The molecule has 0 saturated carbocycles. The van der Waals surface area contributed by atoms with Gasteiger partial charge in [0.05, 0.1) is 6.17 Å². The number of carbonyl (C=O) groups is 3. The largest absolute Gasteiger partial charge is 0.330 e. The van der Waals surface area contributed by atoms with Gasteiger partial charge in [-0.2, -0.15) is 0 Å². The van der Waals surface area contributed by atoms with Crippen molar-refractivity contribution in [3.05, 3.63) is 72.9 Å². The number of likely N-dealkylation sites (tertiary alicyclic amines) is 1. The van der Waals surface area contributed by atoms with Gasteiger partial charge in [0.1, 0.15) is 6.04 Å². The summed E-state index contributed by atoms with van der Waals surface area (Å²) in [5, 5.41) is 2.40. The highest BCUT2D eigenvalue weighted by Gasteiger charge is 2.37. The highest BCUT2D eigenvalue weighted by atomic mass is 19.1. The molecule has 38 heavy (non-hydrogen) atoms. The van der Waals surface area contributed by atoms with E-state index in [0.717, 1.165) is 32.1 Å². The Hall–Kier alpha value is -3.02. The maximum absolute atomic E-state index is 13.3. The predicted molar refractivity (Wildman–Crippen MR) is 155 cm³/mol. The third-order valence-electron chi connectivity index (χ3n) is 6.12. The van der Waals surface area contributed by atoms with Crippen LogP contribution in [0.1, 0.15) is 85.0 Å². The van der Waals surface area contributed by atoms with E-state index in [1.165, 1.54) is 11.8 Å². The molecule has 0 aromatic heterocycles. The van der Waals surface area contributed by atoms with E-state index < -0.39 is 24.0 Å². The number of rotatable bonds is 18. The topological polar surface area (TPSA) is 66.5 Å². The maximum atomic E-state index is 13.3. The number of allylic oxidation sites excluding steroid dienone is 11. The number of nitrogens with one attached hydrogen (secondary N) is 1. The lowest BCUT2D eigenvalue weighted by molar-refractivity contribution is -0.140. The molecule has 0 spiro atoms. The molecule has 1 aliphatic heterocycles. The van der Waals surface area contributed by atoms with Crippen LogP contribution in [0.3, 0.4) is 0 Å². The summed E-state index contributed by atoms with van der Waals surface area (Å²) >= 11 is 0. The molecule has 1 saturated heterocycles. The fraction of sp³-hybridized carbons (Fsp3) is 0.531. The van der Waals surface area contributed by atoms with Crippen LogP contribution in [0, 0.1) is 5.92 Å². The number of alkyl halides is 1. The number of nitrogens with zero attached hydrogens (tertiary/aromatic N) is 1. The van der Waals surface area contributed by atoms with Crippen LogP contribution in [0.2, 0.25) is 0 Å². The molecule has 1 heterocycles. The summed E-state index contributed by atoms with van der Waals surface area (Å²) in [6.45, 7) is 5.78. The lowest BCUT2D eigenvalue weighted by atomic mass is 10.0. The van der Waals surface area contributed by atoms with Crippen LogP contribution >= 0.6 is 0 Å². The molecule has 6 heteroatoms. The Morgan fingerprint density at radius 1 is 0.868 bits per heavy atom. The molecule has 1 rings (SSSR count). The van der Waals surface area contributed by atoms with E-state index in [0.29, 0.717) is 25.8 Å². The van der Waals surface area contributed by atoms with Crippen LogP contribution in [0.25, 0.3) is 0 Å².